The van der Waals surface area contributed by atoms with Crippen LogP contribution in [0.15, 0.2) is 0 Å². The maximum absolute atomic E-state index is 11.7. The van der Waals surface area contributed by atoms with E-state index >= 15 is 0 Å². The fraction of sp³-hybridized carbons (Fsp3) is 0.885. The molecule has 0 aromatic heterocycles. The van der Waals surface area contributed by atoms with Crippen LogP contribution >= 0.6 is 0 Å². The number of methoxy groups -OCH3 is 1. The van der Waals surface area contributed by atoms with Crippen LogP contribution in [0.1, 0.15) is 103 Å². The van der Waals surface area contributed by atoms with Crippen molar-refractivity contribution in [1.29, 1.82) is 0 Å². The SMILES string of the molecule is CCCCCCCCC(=O)OCCCCCC(=O)OCCOCCOC(=O)CCCCCOC. The van der Waals surface area contributed by atoms with Crippen LogP contribution in [0.25, 0.3) is 0 Å². The first kappa shape index (κ1) is 32.3. The van der Waals surface area contributed by atoms with Crippen LogP contribution in [-0.4, -0.2) is 64.7 Å². The molecule has 0 unspecified atom stereocenters. The molecule has 0 amide bonds. The molecule has 8 nitrogen and oxygen atoms in total. The van der Waals surface area contributed by atoms with Crippen molar-refractivity contribution in [2.75, 3.05) is 46.8 Å². The highest BCUT2D eigenvalue weighted by Crippen LogP contribution is 2.08. The molecule has 0 bridgehead atoms. The molecule has 8 heteroatoms. The van der Waals surface area contributed by atoms with Gasteiger partial charge in [0, 0.05) is 33.0 Å². The standard InChI is InChI=1S/C26H48O8/c1-3-4-5-6-7-10-15-24(27)32-19-14-9-12-17-26(29)34-23-21-31-20-22-33-25(28)16-11-8-13-18-30-2/h3-23H2,1-2H3. The van der Waals surface area contributed by atoms with Crippen LogP contribution in [0.5, 0.6) is 0 Å². The first-order valence-corrected chi connectivity index (χ1v) is 13.1. The molecule has 0 radical (unpaired) electrons. The molecular weight excluding hydrogens is 440 g/mol. The van der Waals surface area contributed by atoms with Crippen molar-refractivity contribution in [2.45, 2.75) is 103 Å². The fourth-order valence-corrected chi connectivity index (χ4v) is 3.22. The van der Waals surface area contributed by atoms with Gasteiger partial charge in [-0.25, -0.2) is 0 Å². The van der Waals surface area contributed by atoms with Crippen molar-refractivity contribution in [3.63, 3.8) is 0 Å². The summed E-state index contributed by atoms with van der Waals surface area (Å²) in [6.07, 6.45) is 13.1. The molecule has 0 rings (SSSR count). The summed E-state index contributed by atoms with van der Waals surface area (Å²) < 4.78 is 25.7. The summed E-state index contributed by atoms with van der Waals surface area (Å²) >= 11 is 0. The molecule has 0 spiro atoms. The first-order valence-electron chi connectivity index (χ1n) is 13.1. The topological polar surface area (TPSA) is 97.4 Å². The van der Waals surface area contributed by atoms with Crippen molar-refractivity contribution >= 4 is 17.9 Å². The van der Waals surface area contributed by atoms with Crippen molar-refractivity contribution < 1.29 is 38.1 Å². The summed E-state index contributed by atoms with van der Waals surface area (Å²) in [6.45, 7) is 4.26. The Balaban J connectivity index is 3.35. The minimum Gasteiger partial charge on any atom is -0.466 e. The molecule has 0 N–H and O–H groups in total. The van der Waals surface area contributed by atoms with E-state index in [0.29, 0.717) is 38.9 Å². The van der Waals surface area contributed by atoms with E-state index in [2.05, 4.69) is 6.92 Å². The van der Waals surface area contributed by atoms with Gasteiger partial charge >= 0.3 is 17.9 Å². The van der Waals surface area contributed by atoms with Crippen LogP contribution in [0.2, 0.25) is 0 Å². The summed E-state index contributed by atoms with van der Waals surface area (Å²) in [5.74, 6) is -0.605. The number of hydrogen-bond acceptors (Lipinski definition) is 8. The Morgan fingerprint density at radius 2 is 0.882 bits per heavy atom. The summed E-state index contributed by atoms with van der Waals surface area (Å²) in [7, 11) is 1.66. The average molecular weight is 489 g/mol. The van der Waals surface area contributed by atoms with Gasteiger partial charge in [0.25, 0.3) is 0 Å². The predicted octanol–water partition coefficient (Wildman–Crippen LogP) is 5.15. The Bertz CT molecular complexity index is 495. The Kier molecular flexibility index (Phi) is 24.7. The van der Waals surface area contributed by atoms with E-state index in [1.165, 1.54) is 25.7 Å². The molecule has 200 valence electrons. The number of carbonyl (C=O) groups excluding carboxylic acids is 3. The summed E-state index contributed by atoms with van der Waals surface area (Å²) in [5.41, 5.74) is 0. The second-order valence-corrected chi connectivity index (χ2v) is 8.41. The van der Waals surface area contributed by atoms with Crippen LogP contribution in [0, 0.1) is 0 Å². The zero-order valence-corrected chi connectivity index (χ0v) is 21.6. The number of hydrogen-bond donors (Lipinski definition) is 0. The second kappa shape index (κ2) is 25.9. The van der Waals surface area contributed by atoms with Crippen LogP contribution in [-0.2, 0) is 38.1 Å². The molecule has 0 saturated heterocycles. The second-order valence-electron chi connectivity index (χ2n) is 8.41. The third-order valence-corrected chi connectivity index (χ3v) is 5.23. The number of esters is 3. The lowest BCUT2D eigenvalue weighted by Crippen LogP contribution is -2.14. The van der Waals surface area contributed by atoms with E-state index in [4.69, 9.17) is 23.7 Å². The number of unbranched alkanes of at least 4 members (excludes halogenated alkanes) is 9. The monoisotopic (exact) mass is 488 g/mol. The van der Waals surface area contributed by atoms with Gasteiger partial charge in [-0.2, -0.15) is 0 Å². The Morgan fingerprint density at radius 1 is 0.471 bits per heavy atom. The van der Waals surface area contributed by atoms with Crippen LogP contribution in [0.3, 0.4) is 0 Å². The number of rotatable bonds is 25. The maximum Gasteiger partial charge on any atom is 0.305 e. The van der Waals surface area contributed by atoms with Gasteiger partial charge in [-0.1, -0.05) is 45.4 Å². The third kappa shape index (κ3) is 25.0. The zero-order chi connectivity index (χ0) is 25.1. The van der Waals surface area contributed by atoms with Crippen molar-refractivity contribution in [3.8, 4) is 0 Å². The molecule has 0 heterocycles. The normalized spacial score (nSPS) is 10.8. The van der Waals surface area contributed by atoms with Gasteiger partial charge in [0.2, 0.25) is 0 Å². The van der Waals surface area contributed by atoms with E-state index in [1.807, 2.05) is 0 Å². The summed E-state index contributed by atoms with van der Waals surface area (Å²) in [5, 5.41) is 0. The van der Waals surface area contributed by atoms with Gasteiger partial charge in [-0.15, -0.1) is 0 Å². The quantitative estimate of drug-likeness (QED) is 0.0988. The van der Waals surface area contributed by atoms with E-state index in [9.17, 15) is 14.4 Å². The third-order valence-electron chi connectivity index (χ3n) is 5.23. The van der Waals surface area contributed by atoms with Gasteiger partial charge < -0.3 is 23.7 Å². The predicted molar refractivity (Wildman–Crippen MR) is 131 cm³/mol. The van der Waals surface area contributed by atoms with Crippen molar-refractivity contribution in [3.05, 3.63) is 0 Å². The van der Waals surface area contributed by atoms with Gasteiger partial charge in [-0.3, -0.25) is 14.4 Å². The molecule has 0 fully saturated rings. The molecule has 0 aromatic carbocycles. The molecule has 0 saturated carbocycles. The Morgan fingerprint density at radius 3 is 1.38 bits per heavy atom. The number of ether oxygens (including phenoxy) is 5. The van der Waals surface area contributed by atoms with Gasteiger partial charge in [0.05, 0.1) is 19.8 Å². The molecule has 0 aromatic rings. The highest BCUT2D eigenvalue weighted by atomic mass is 16.6. The first-order chi connectivity index (χ1) is 16.6. The number of carbonyl (C=O) groups is 3. The summed E-state index contributed by atoms with van der Waals surface area (Å²) in [6, 6.07) is 0. The van der Waals surface area contributed by atoms with Gasteiger partial charge in [0.1, 0.15) is 13.2 Å². The highest BCUT2D eigenvalue weighted by Gasteiger charge is 2.05. The van der Waals surface area contributed by atoms with E-state index in [-0.39, 0.29) is 44.3 Å². The minimum absolute atomic E-state index is 0.123. The lowest BCUT2D eigenvalue weighted by Gasteiger charge is -2.08. The zero-order valence-electron chi connectivity index (χ0n) is 21.6. The smallest absolute Gasteiger partial charge is 0.305 e. The minimum atomic E-state index is -0.261. The Hall–Kier alpha value is -1.67. The molecule has 34 heavy (non-hydrogen) atoms. The van der Waals surface area contributed by atoms with E-state index < -0.39 is 0 Å². The van der Waals surface area contributed by atoms with Crippen LogP contribution in [0.4, 0.5) is 0 Å². The molecule has 0 aliphatic rings. The van der Waals surface area contributed by atoms with Gasteiger partial charge in [-0.05, 0) is 38.5 Å². The van der Waals surface area contributed by atoms with Gasteiger partial charge in [0.15, 0.2) is 0 Å². The average Bonchev–Trinajstić information content (AvgIpc) is 2.82. The Labute approximate surface area is 206 Å². The lowest BCUT2D eigenvalue weighted by molar-refractivity contribution is -0.147. The summed E-state index contributed by atoms with van der Waals surface area (Å²) in [4.78, 5) is 34.9. The largest absolute Gasteiger partial charge is 0.466 e. The molecular formula is C26H48O8. The van der Waals surface area contributed by atoms with Crippen molar-refractivity contribution in [1.82, 2.24) is 0 Å². The van der Waals surface area contributed by atoms with Crippen molar-refractivity contribution in [2.24, 2.45) is 0 Å². The van der Waals surface area contributed by atoms with Crippen LogP contribution < -0.4 is 0 Å². The van der Waals surface area contributed by atoms with E-state index in [1.54, 1.807) is 7.11 Å². The molecule has 0 atom stereocenters. The molecule has 0 aliphatic carbocycles. The highest BCUT2D eigenvalue weighted by molar-refractivity contribution is 5.69. The molecule has 0 aliphatic heterocycles. The lowest BCUT2D eigenvalue weighted by atomic mass is 10.1. The maximum atomic E-state index is 11.7. The fourth-order valence-electron chi connectivity index (χ4n) is 3.22. The van der Waals surface area contributed by atoms with E-state index in [0.717, 1.165) is 44.9 Å².